The number of amides is 2. The van der Waals surface area contributed by atoms with Gasteiger partial charge >= 0.3 is 12.0 Å². The average molecular weight is 497 g/mol. The number of esters is 1. The molecule has 4 saturated carbocycles. The van der Waals surface area contributed by atoms with Crippen molar-refractivity contribution in [3.05, 3.63) is 29.8 Å². The van der Waals surface area contributed by atoms with Crippen LogP contribution in [0, 0.1) is 17.8 Å². The van der Waals surface area contributed by atoms with E-state index >= 15 is 0 Å². The molecule has 0 spiro atoms. The van der Waals surface area contributed by atoms with Crippen LogP contribution in [0.5, 0.6) is 0 Å². The molecule has 2 heterocycles. The molecule has 4 aliphatic carbocycles. The van der Waals surface area contributed by atoms with Gasteiger partial charge in [-0.15, -0.1) is 0 Å². The molecule has 7 rings (SSSR count). The molecule has 6 aliphatic rings. The second-order valence-electron chi connectivity index (χ2n) is 11.8. The van der Waals surface area contributed by atoms with Gasteiger partial charge in [0, 0.05) is 29.4 Å². The van der Waals surface area contributed by atoms with Gasteiger partial charge in [0.05, 0.1) is 12.7 Å². The first-order valence-corrected chi connectivity index (χ1v) is 13.7. The summed E-state index contributed by atoms with van der Waals surface area (Å²) in [6.07, 6.45) is 11.7. The first-order valence-electron chi connectivity index (χ1n) is 13.3. The average Bonchev–Trinajstić information content (AvgIpc) is 3.08. The molecule has 6 bridgehead atoms. The van der Waals surface area contributed by atoms with E-state index in [9.17, 15) is 9.59 Å². The largest absolute Gasteiger partial charge is 0.465 e. The Hall–Kier alpha value is -2.35. The monoisotopic (exact) mass is 496 g/mol. The minimum absolute atomic E-state index is 0.0381. The molecular weight excluding hydrogens is 460 g/mol. The van der Waals surface area contributed by atoms with Crippen molar-refractivity contribution >= 4 is 35.0 Å². The Bertz CT molecular complexity index is 963. The van der Waals surface area contributed by atoms with Crippen molar-refractivity contribution in [3.8, 4) is 0 Å². The number of nitrogens with one attached hydrogen (secondary N) is 3. The van der Waals surface area contributed by atoms with Crippen molar-refractivity contribution in [3.63, 3.8) is 0 Å². The minimum Gasteiger partial charge on any atom is -0.465 e. The van der Waals surface area contributed by atoms with Crippen LogP contribution < -0.4 is 16.0 Å². The van der Waals surface area contributed by atoms with Crippen molar-refractivity contribution in [2.24, 2.45) is 17.8 Å². The first-order chi connectivity index (χ1) is 16.9. The summed E-state index contributed by atoms with van der Waals surface area (Å²) in [7, 11) is 1.38. The van der Waals surface area contributed by atoms with E-state index in [1.807, 2.05) is 12.1 Å². The van der Waals surface area contributed by atoms with Crippen LogP contribution >= 0.6 is 12.2 Å². The maximum atomic E-state index is 13.1. The number of fused-ring (bicyclic) bond motifs is 2. The van der Waals surface area contributed by atoms with Gasteiger partial charge < -0.3 is 25.6 Å². The van der Waals surface area contributed by atoms with Crippen molar-refractivity contribution < 1.29 is 14.3 Å². The Balaban J connectivity index is 1.03. The Morgan fingerprint density at radius 2 is 1.51 bits per heavy atom. The molecule has 2 amide bonds. The molecular formula is C27H36N4O3S. The van der Waals surface area contributed by atoms with Gasteiger partial charge in [-0.25, -0.2) is 9.59 Å². The van der Waals surface area contributed by atoms with E-state index in [2.05, 4.69) is 20.9 Å². The molecule has 2 aliphatic heterocycles. The molecule has 35 heavy (non-hydrogen) atoms. The quantitative estimate of drug-likeness (QED) is 0.423. The molecule has 1 unspecified atom stereocenters. The van der Waals surface area contributed by atoms with Crippen LogP contribution in [0.2, 0.25) is 0 Å². The number of ether oxygens (including phenoxy) is 1. The fourth-order valence-corrected chi connectivity index (χ4v) is 8.76. The van der Waals surface area contributed by atoms with Crippen molar-refractivity contribution in [2.75, 3.05) is 12.4 Å². The summed E-state index contributed by atoms with van der Waals surface area (Å²) >= 11 is 5.78. The molecule has 3 N–H and O–H groups in total. The van der Waals surface area contributed by atoms with Crippen LogP contribution in [0.25, 0.3) is 0 Å². The van der Waals surface area contributed by atoms with Gasteiger partial charge in [-0.3, -0.25) is 0 Å². The Labute approximate surface area is 212 Å². The summed E-state index contributed by atoms with van der Waals surface area (Å²) in [5.74, 6) is 2.13. The maximum Gasteiger partial charge on any atom is 0.337 e. The zero-order valence-corrected chi connectivity index (χ0v) is 21.2. The van der Waals surface area contributed by atoms with Crippen LogP contribution in [-0.2, 0) is 4.74 Å². The number of piperidine rings is 1. The molecule has 2 saturated heterocycles. The SMILES string of the molecule is COC(=O)c1ccc(NC(=S)N2[C@@H]3CC[C@H]2CC(NC(=O)NC24CC5CC(CC(C5)C2)C4)C3)cc1. The van der Waals surface area contributed by atoms with Gasteiger partial charge in [0.15, 0.2) is 5.11 Å². The van der Waals surface area contributed by atoms with Gasteiger partial charge in [-0.1, -0.05) is 0 Å². The Kier molecular flexibility index (Phi) is 5.90. The number of hydrogen-bond donors (Lipinski definition) is 3. The molecule has 188 valence electrons. The second kappa shape index (κ2) is 8.95. The zero-order valence-electron chi connectivity index (χ0n) is 20.4. The third-order valence-electron chi connectivity index (χ3n) is 9.28. The van der Waals surface area contributed by atoms with Gasteiger partial charge in [-0.05, 0) is 118 Å². The highest BCUT2D eigenvalue weighted by Crippen LogP contribution is 2.55. The van der Waals surface area contributed by atoms with Crippen molar-refractivity contribution in [1.82, 2.24) is 15.5 Å². The highest BCUT2D eigenvalue weighted by molar-refractivity contribution is 7.80. The predicted octanol–water partition coefficient (Wildman–Crippen LogP) is 4.43. The topological polar surface area (TPSA) is 82.7 Å². The molecule has 7 nitrogen and oxygen atoms in total. The van der Waals surface area contributed by atoms with E-state index in [0.717, 1.165) is 54.2 Å². The minimum atomic E-state index is -0.348. The number of thiocarbonyl (C=S) groups is 1. The lowest BCUT2D eigenvalue weighted by Gasteiger charge is -2.56. The van der Waals surface area contributed by atoms with Crippen LogP contribution in [0.15, 0.2) is 24.3 Å². The lowest BCUT2D eigenvalue weighted by Crippen LogP contribution is -2.63. The van der Waals surface area contributed by atoms with Gasteiger partial charge in [0.25, 0.3) is 0 Å². The second-order valence-corrected chi connectivity index (χ2v) is 12.1. The third kappa shape index (κ3) is 4.50. The smallest absolute Gasteiger partial charge is 0.337 e. The number of hydrogen-bond acceptors (Lipinski definition) is 4. The number of anilines is 1. The number of benzene rings is 1. The summed E-state index contributed by atoms with van der Waals surface area (Å²) in [6, 6.07) is 8.10. The molecule has 3 atom stereocenters. The molecule has 8 heteroatoms. The standard InChI is InChI=1S/C27H36N4O3S/c1-34-24(32)19-2-4-20(5-3-19)29-26(35)31-22-6-7-23(31)12-21(11-22)28-25(33)30-27-13-16-8-17(14-27)10-18(9-16)15-27/h2-5,16-18,21-23H,6-15H2,1H3,(H,29,35)(H2,28,30,33)/t16?,17?,18?,21?,22-,23+,27?. The summed E-state index contributed by atoms with van der Waals surface area (Å²) in [5.41, 5.74) is 1.42. The third-order valence-corrected chi connectivity index (χ3v) is 9.59. The normalized spacial score (nSPS) is 36.5. The summed E-state index contributed by atoms with van der Waals surface area (Å²) in [5, 5.41) is 10.9. The van der Waals surface area contributed by atoms with Crippen LogP contribution in [0.1, 0.15) is 74.6 Å². The van der Waals surface area contributed by atoms with E-state index in [1.54, 1.807) is 12.1 Å². The van der Waals surface area contributed by atoms with Crippen LogP contribution in [0.3, 0.4) is 0 Å². The van der Waals surface area contributed by atoms with Crippen LogP contribution in [0.4, 0.5) is 10.5 Å². The Morgan fingerprint density at radius 1 is 0.943 bits per heavy atom. The van der Waals surface area contributed by atoms with Gasteiger partial charge in [-0.2, -0.15) is 0 Å². The lowest BCUT2D eigenvalue weighted by atomic mass is 9.53. The number of carbonyl (C=O) groups excluding carboxylic acids is 2. The highest BCUT2D eigenvalue weighted by Gasteiger charge is 2.52. The van der Waals surface area contributed by atoms with E-state index in [0.29, 0.717) is 17.6 Å². The molecule has 0 aromatic heterocycles. The summed E-state index contributed by atoms with van der Waals surface area (Å²) in [6.45, 7) is 0. The zero-order chi connectivity index (χ0) is 24.2. The molecule has 1 aromatic rings. The number of carbonyl (C=O) groups is 2. The van der Waals surface area contributed by atoms with Crippen molar-refractivity contribution in [2.45, 2.75) is 87.9 Å². The molecule has 1 aromatic carbocycles. The number of urea groups is 1. The van der Waals surface area contributed by atoms with E-state index in [1.165, 1.54) is 45.6 Å². The fraction of sp³-hybridized carbons (Fsp3) is 0.667. The maximum absolute atomic E-state index is 13.1. The summed E-state index contributed by atoms with van der Waals surface area (Å²) in [4.78, 5) is 27.1. The molecule has 6 fully saturated rings. The first kappa shape index (κ1) is 23.1. The van der Waals surface area contributed by atoms with E-state index in [-0.39, 0.29) is 23.6 Å². The predicted molar refractivity (Wildman–Crippen MR) is 138 cm³/mol. The fourth-order valence-electron chi connectivity index (χ4n) is 8.35. The lowest BCUT2D eigenvalue weighted by molar-refractivity contribution is -0.0138. The van der Waals surface area contributed by atoms with Crippen LogP contribution in [-0.4, -0.2) is 52.8 Å². The Morgan fingerprint density at radius 3 is 2.06 bits per heavy atom. The van der Waals surface area contributed by atoms with E-state index < -0.39 is 0 Å². The van der Waals surface area contributed by atoms with Gasteiger partial charge in [0.1, 0.15) is 0 Å². The highest BCUT2D eigenvalue weighted by atomic mass is 32.1. The molecule has 0 radical (unpaired) electrons. The number of rotatable bonds is 4. The summed E-state index contributed by atoms with van der Waals surface area (Å²) < 4.78 is 4.77. The van der Waals surface area contributed by atoms with Crippen molar-refractivity contribution in [1.29, 1.82) is 0 Å². The van der Waals surface area contributed by atoms with E-state index in [4.69, 9.17) is 17.0 Å². The number of methoxy groups -OCH3 is 1. The van der Waals surface area contributed by atoms with Gasteiger partial charge in [0.2, 0.25) is 0 Å². The number of nitrogens with zero attached hydrogens (tertiary/aromatic N) is 1.